The van der Waals surface area contributed by atoms with Crippen molar-refractivity contribution in [3.8, 4) is 0 Å². The van der Waals surface area contributed by atoms with Gasteiger partial charge in [-0.05, 0) is 16.3 Å². The molecule has 0 aliphatic rings. The summed E-state index contributed by atoms with van der Waals surface area (Å²) in [5, 5.41) is 4.99. The molecule has 1 N–H and O–H groups in total. The number of fused-ring (bicyclic) bond motifs is 1. The van der Waals surface area contributed by atoms with E-state index in [0.29, 0.717) is 6.42 Å². The fourth-order valence-corrected chi connectivity index (χ4v) is 2.41. The first kappa shape index (κ1) is 14.0. The summed E-state index contributed by atoms with van der Waals surface area (Å²) < 4.78 is -0.0547. The monoisotopic (exact) mass is 367 g/mol. The van der Waals surface area contributed by atoms with E-state index in [-0.39, 0.29) is 9.70 Å². The van der Waals surface area contributed by atoms with E-state index in [9.17, 15) is 9.59 Å². The van der Waals surface area contributed by atoms with Gasteiger partial charge in [-0.2, -0.15) is 0 Å². The number of hydrogen-bond acceptors (Lipinski definition) is 2. The minimum absolute atomic E-state index is 0.0547. The van der Waals surface area contributed by atoms with Crippen molar-refractivity contribution in [1.82, 2.24) is 5.32 Å². The fourth-order valence-electron chi connectivity index (χ4n) is 2.03. The van der Waals surface area contributed by atoms with Crippen LogP contribution in [0, 0.1) is 0 Å². The van der Waals surface area contributed by atoms with Crippen LogP contribution in [-0.4, -0.2) is 15.7 Å². The maximum atomic E-state index is 11.5. The Labute approximate surface area is 125 Å². The zero-order chi connectivity index (χ0) is 13.8. The molecule has 2 aromatic carbocycles. The van der Waals surface area contributed by atoms with Crippen LogP contribution < -0.4 is 5.32 Å². The van der Waals surface area contributed by atoms with Gasteiger partial charge in [0.25, 0.3) is 0 Å². The molecule has 0 saturated carbocycles. The molecule has 0 fully saturated rings. The topological polar surface area (TPSA) is 46.2 Å². The third kappa shape index (κ3) is 3.76. The third-order valence-corrected chi connectivity index (χ3v) is 3.66. The predicted octanol–water partition coefficient (Wildman–Crippen LogP) is 2.85. The van der Waals surface area contributed by atoms with E-state index in [1.807, 2.05) is 36.4 Å². The Morgan fingerprint density at radius 3 is 2.47 bits per heavy atom. The Morgan fingerprint density at radius 2 is 1.84 bits per heavy atom. The second-order valence-electron chi connectivity index (χ2n) is 4.44. The summed E-state index contributed by atoms with van der Waals surface area (Å²) in [5.41, 5.74) is 1.04. The third-order valence-electron chi connectivity index (χ3n) is 2.91. The van der Waals surface area contributed by atoms with Gasteiger partial charge in [0.15, 0.2) is 0 Å². The SMILES string of the molecule is CC(=O)NC(Cc1ccc2ccccc2c1)C(=O)I. The molecule has 0 saturated heterocycles. The van der Waals surface area contributed by atoms with Gasteiger partial charge in [-0.15, -0.1) is 0 Å². The largest absolute Gasteiger partial charge is 0.345 e. The Kier molecular flexibility index (Phi) is 4.52. The van der Waals surface area contributed by atoms with Crippen LogP contribution in [0.25, 0.3) is 10.8 Å². The number of benzene rings is 2. The zero-order valence-electron chi connectivity index (χ0n) is 10.5. The normalized spacial score (nSPS) is 12.1. The molecular formula is C15H14INO2. The summed E-state index contributed by atoms with van der Waals surface area (Å²) >= 11 is 1.73. The molecule has 0 spiro atoms. The molecule has 1 amide bonds. The molecular weight excluding hydrogens is 353 g/mol. The van der Waals surface area contributed by atoms with E-state index < -0.39 is 6.04 Å². The summed E-state index contributed by atoms with van der Waals surface area (Å²) in [6, 6.07) is 13.7. The van der Waals surface area contributed by atoms with Crippen LogP contribution >= 0.6 is 22.6 Å². The van der Waals surface area contributed by atoms with E-state index in [4.69, 9.17) is 0 Å². The Morgan fingerprint density at radius 1 is 1.16 bits per heavy atom. The van der Waals surface area contributed by atoms with Gasteiger partial charge in [-0.25, -0.2) is 0 Å². The predicted molar refractivity (Wildman–Crippen MR) is 84.3 cm³/mol. The molecule has 2 rings (SSSR count). The first-order chi connectivity index (χ1) is 9.06. The Bertz CT molecular complexity index is 624. The molecule has 19 heavy (non-hydrogen) atoms. The van der Waals surface area contributed by atoms with Crippen molar-refractivity contribution in [2.24, 2.45) is 0 Å². The minimum atomic E-state index is -0.459. The van der Waals surface area contributed by atoms with Gasteiger partial charge in [0.1, 0.15) is 6.04 Å². The fraction of sp³-hybridized carbons (Fsp3) is 0.200. The zero-order valence-corrected chi connectivity index (χ0v) is 12.7. The lowest BCUT2D eigenvalue weighted by Crippen LogP contribution is -2.38. The average Bonchev–Trinajstić information content (AvgIpc) is 2.37. The molecule has 1 unspecified atom stereocenters. The molecule has 0 aromatic heterocycles. The number of halogens is 1. The van der Waals surface area contributed by atoms with E-state index in [1.54, 1.807) is 22.6 Å². The lowest BCUT2D eigenvalue weighted by molar-refractivity contribution is -0.122. The van der Waals surface area contributed by atoms with Crippen LogP contribution in [-0.2, 0) is 16.0 Å². The highest BCUT2D eigenvalue weighted by Gasteiger charge is 2.17. The van der Waals surface area contributed by atoms with Gasteiger partial charge in [-0.1, -0.05) is 42.5 Å². The van der Waals surface area contributed by atoms with Gasteiger partial charge < -0.3 is 5.32 Å². The molecule has 2 aromatic rings. The molecule has 3 nitrogen and oxygen atoms in total. The number of amides is 1. The van der Waals surface area contributed by atoms with Gasteiger partial charge in [0.2, 0.25) is 9.70 Å². The van der Waals surface area contributed by atoms with E-state index in [2.05, 4.69) is 11.4 Å². The van der Waals surface area contributed by atoms with Crippen LogP contribution in [0.15, 0.2) is 42.5 Å². The average molecular weight is 367 g/mol. The minimum Gasteiger partial charge on any atom is -0.345 e. The number of nitrogens with one attached hydrogen (secondary N) is 1. The first-order valence-electron chi connectivity index (χ1n) is 6.00. The van der Waals surface area contributed by atoms with Crippen LogP contribution in [0.3, 0.4) is 0 Å². The molecule has 0 aliphatic heterocycles. The van der Waals surface area contributed by atoms with Gasteiger partial charge in [0.05, 0.1) is 0 Å². The van der Waals surface area contributed by atoms with Crippen molar-refractivity contribution in [2.45, 2.75) is 19.4 Å². The summed E-state index contributed by atoms with van der Waals surface area (Å²) in [5.74, 6) is -0.184. The maximum absolute atomic E-state index is 11.5. The second kappa shape index (κ2) is 6.14. The lowest BCUT2D eigenvalue weighted by atomic mass is 10.0. The molecule has 0 heterocycles. The van der Waals surface area contributed by atoms with Gasteiger partial charge in [0, 0.05) is 35.9 Å². The van der Waals surface area contributed by atoms with Crippen LogP contribution in [0.4, 0.5) is 0 Å². The summed E-state index contributed by atoms with van der Waals surface area (Å²) in [7, 11) is 0. The highest BCUT2D eigenvalue weighted by Crippen LogP contribution is 2.17. The van der Waals surface area contributed by atoms with Crippen molar-refractivity contribution in [3.63, 3.8) is 0 Å². The van der Waals surface area contributed by atoms with Gasteiger partial charge >= 0.3 is 0 Å². The summed E-state index contributed by atoms with van der Waals surface area (Å²) in [6.45, 7) is 1.42. The Balaban J connectivity index is 2.23. The van der Waals surface area contributed by atoms with Crippen molar-refractivity contribution >= 4 is 43.1 Å². The van der Waals surface area contributed by atoms with E-state index >= 15 is 0 Å². The van der Waals surface area contributed by atoms with Crippen LogP contribution in [0.1, 0.15) is 12.5 Å². The van der Waals surface area contributed by atoms with Crippen molar-refractivity contribution < 1.29 is 9.59 Å². The highest BCUT2D eigenvalue weighted by molar-refractivity contribution is 14.1. The Hall–Kier alpha value is -1.43. The molecule has 0 aliphatic carbocycles. The summed E-state index contributed by atoms with van der Waals surface area (Å²) in [6.07, 6.45) is 0.520. The van der Waals surface area contributed by atoms with Crippen molar-refractivity contribution in [3.05, 3.63) is 48.0 Å². The van der Waals surface area contributed by atoms with Crippen LogP contribution in [0.5, 0.6) is 0 Å². The van der Waals surface area contributed by atoms with E-state index in [1.165, 1.54) is 12.3 Å². The quantitative estimate of drug-likeness (QED) is 0.667. The first-order valence-corrected chi connectivity index (χ1v) is 7.08. The second-order valence-corrected chi connectivity index (χ2v) is 5.51. The van der Waals surface area contributed by atoms with Crippen molar-refractivity contribution in [1.29, 1.82) is 0 Å². The highest BCUT2D eigenvalue weighted by atomic mass is 127. The number of hydrogen-bond donors (Lipinski definition) is 1. The number of carbonyl (C=O) groups is 2. The smallest absolute Gasteiger partial charge is 0.217 e. The number of carbonyl (C=O) groups excluding carboxylic acids is 2. The standard InChI is InChI=1S/C15H14INO2/c1-10(18)17-14(15(16)19)9-11-6-7-12-4-2-3-5-13(12)8-11/h2-8,14H,9H2,1H3,(H,17,18). The molecule has 0 radical (unpaired) electrons. The molecule has 98 valence electrons. The lowest BCUT2D eigenvalue weighted by Gasteiger charge is -2.14. The van der Waals surface area contributed by atoms with E-state index in [0.717, 1.165) is 10.9 Å². The van der Waals surface area contributed by atoms with Crippen LogP contribution in [0.2, 0.25) is 0 Å². The van der Waals surface area contributed by atoms with Crippen molar-refractivity contribution in [2.75, 3.05) is 0 Å². The molecule has 0 bridgehead atoms. The molecule has 1 atom stereocenters. The van der Waals surface area contributed by atoms with Gasteiger partial charge in [-0.3, -0.25) is 9.59 Å². The molecule has 4 heteroatoms. The summed E-state index contributed by atoms with van der Waals surface area (Å²) in [4.78, 5) is 22.6. The maximum Gasteiger partial charge on any atom is 0.217 e. The number of rotatable bonds is 4.